The summed E-state index contributed by atoms with van der Waals surface area (Å²) < 4.78 is 0.840. The van der Waals surface area contributed by atoms with E-state index in [1.54, 1.807) is 6.92 Å². The van der Waals surface area contributed by atoms with Crippen molar-refractivity contribution < 1.29 is 4.79 Å². The molecule has 1 aromatic heterocycles. The number of nitrogens with two attached hydrogens (primary N) is 1. The Morgan fingerprint density at radius 1 is 1.69 bits per heavy atom. The summed E-state index contributed by atoms with van der Waals surface area (Å²) in [6.45, 7) is 3.68. The highest BCUT2D eigenvalue weighted by atomic mass is 79.9. The highest BCUT2D eigenvalue weighted by Crippen LogP contribution is 2.25. The van der Waals surface area contributed by atoms with Crippen molar-refractivity contribution >= 4 is 33.0 Å². The Morgan fingerprint density at radius 3 is 2.69 bits per heavy atom. The molecule has 1 atom stereocenters. The lowest BCUT2D eigenvalue weighted by molar-refractivity contribution is 0.0897. The Hall–Kier alpha value is -0.190. The molecule has 13 heavy (non-hydrogen) atoms. The van der Waals surface area contributed by atoms with Crippen molar-refractivity contribution in [3.05, 3.63) is 20.8 Å². The van der Waals surface area contributed by atoms with Gasteiger partial charge in [-0.05, 0) is 29.3 Å². The number of halogens is 1. The van der Waals surface area contributed by atoms with Gasteiger partial charge >= 0.3 is 0 Å². The van der Waals surface area contributed by atoms with Gasteiger partial charge in [-0.3, -0.25) is 4.79 Å². The molecule has 1 unspecified atom stereocenters. The van der Waals surface area contributed by atoms with Crippen molar-refractivity contribution in [2.45, 2.75) is 25.8 Å². The lowest BCUT2D eigenvalue weighted by Crippen LogP contribution is -2.44. The molecule has 0 aromatic carbocycles. The van der Waals surface area contributed by atoms with Crippen molar-refractivity contribution in [3.8, 4) is 0 Å². The standard InChI is InChI=1S/C9H12BrNOS/c1-3-9(2,11)8(12)6-4-13-5-7(6)10/h4-5H,3,11H2,1-2H3. The average Bonchev–Trinajstić information content (AvgIpc) is 2.50. The van der Waals surface area contributed by atoms with Gasteiger partial charge < -0.3 is 5.73 Å². The third-order valence-corrected chi connectivity index (χ3v) is 3.82. The molecule has 1 aromatic rings. The zero-order valence-corrected chi connectivity index (χ0v) is 10.0. The molecule has 4 heteroatoms. The maximum atomic E-state index is 11.8. The van der Waals surface area contributed by atoms with Gasteiger partial charge in [0, 0.05) is 20.8 Å². The molecule has 0 spiro atoms. The number of thiophene rings is 1. The Kier molecular flexibility index (Phi) is 3.27. The fourth-order valence-corrected chi connectivity index (χ4v) is 2.37. The van der Waals surface area contributed by atoms with Crippen LogP contribution in [0.2, 0.25) is 0 Å². The van der Waals surface area contributed by atoms with E-state index in [1.165, 1.54) is 11.3 Å². The molecule has 0 saturated carbocycles. The van der Waals surface area contributed by atoms with Crippen LogP contribution in [0.15, 0.2) is 15.2 Å². The smallest absolute Gasteiger partial charge is 0.184 e. The molecule has 0 bridgehead atoms. The van der Waals surface area contributed by atoms with Crippen LogP contribution in [-0.4, -0.2) is 11.3 Å². The maximum absolute atomic E-state index is 11.8. The quantitative estimate of drug-likeness (QED) is 0.851. The normalized spacial score (nSPS) is 15.4. The molecule has 0 aliphatic heterocycles. The summed E-state index contributed by atoms with van der Waals surface area (Å²) in [6.07, 6.45) is 0.647. The Labute approximate surface area is 90.3 Å². The summed E-state index contributed by atoms with van der Waals surface area (Å²) in [6, 6.07) is 0. The topological polar surface area (TPSA) is 43.1 Å². The van der Waals surface area contributed by atoms with Crippen LogP contribution < -0.4 is 5.73 Å². The number of ketones is 1. The Balaban J connectivity index is 2.98. The minimum atomic E-state index is -0.746. The molecule has 0 aliphatic carbocycles. The van der Waals surface area contributed by atoms with Crippen LogP contribution >= 0.6 is 27.3 Å². The maximum Gasteiger partial charge on any atom is 0.184 e. The van der Waals surface area contributed by atoms with Gasteiger partial charge in [0.05, 0.1) is 5.54 Å². The predicted octanol–water partition coefficient (Wildman–Crippen LogP) is 2.82. The number of hydrogen-bond donors (Lipinski definition) is 1. The van der Waals surface area contributed by atoms with Crippen LogP contribution in [0, 0.1) is 0 Å². The first kappa shape index (κ1) is 10.9. The summed E-state index contributed by atoms with van der Waals surface area (Å²) in [5.41, 5.74) is 5.80. The van der Waals surface area contributed by atoms with Gasteiger partial charge in [-0.25, -0.2) is 0 Å². The van der Waals surface area contributed by atoms with Crippen LogP contribution in [0.25, 0.3) is 0 Å². The highest BCUT2D eigenvalue weighted by Gasteiger charge is 2.28. The van der Waals surface area contributed by atoms with Crippen LogP contribution in [0.5, 0.6) is 0 Å². The Bertz CT molecular complexity index is 319. The van der Waals surface area contributed by atoms with Gasteiger partial charge in [-0.15, -0.1) is 0 Å². The number of hydrogen-bond acceptors (Lipinski definition) is 3. The van der Waals surface area contributed by atoms with Crippen LogP contribution in [0.1, 0.15) is 30.6 Å². The van der Waals surface area contributed by atoms with E-state index in [2.05, 4.69) is 15.9 Å². The zero-order chi connectivity index (χ0) is 10.1. The fraction of sp³-hybridized carbons (Fsp3) is 0.444. The second kappa shape index (κ2) is 3.90. The minimum absolute atomic E-state index is 0.00289. The van der Waals surface area contributed by atoms with E-state index < -0.39 is 5.54 Å². The molecule has 1 rings (SSSR count). The largest absolute Gasteiger partial charge is 0.319 e. The van der Waals surface area contributed by atoms with Gasteiger partial charge in [0.15, 0.2) is 5.78 Å². The number of carbonyl (C=O) groups excluding carboxylic acids is 1. The van der Waals surface area contributed by atoms with Crippen LogP contribution in [0.3, 0.4) is 0 Å². The lowest BCUT2D eigenvalue weighted by Gasteiger charge is -2.20. The molecule has 0 saturated heterocycles. The molecule has 2 N–H and O–H groups in total. The fourth-order valence-electron chi connectivity index (χ4n) is 0.912. The summed E-state index contributed by atoms with van der Waals surface area (Å²) >= 11 is 4.82. The number of Topliss-reactive ketones (excluding diaryl/α,β-unsaturated/α-hetero) is 1. The highest BCUT2D eigenvalue weighted by molar-refractivity contribution is 9.10. The summed E-state index contributed by atoms with van der Waals surface area (Å²) in [7, 11) is 0. The third kappa shape index (κ3) is 2.18. The second-order valence-electron chi connectivity index (χ2n) is 3.23. The SMILES string of the molecule is CCC(C)(N)C(=O)c1cscc1Br. The van der Waals surface area contributed by atoms with Crippen molar-refractivity contribution in [2.75, 3.05) is 0 Å². The molecule has 1 heterocycles. The van der Waals surface area contributed by atoms with Crippen LogP contribution in [0.4, 0.5) is 0 Å². The molecule has 0 aliphatic rings. The molecule has 0 radical (unpaired) electrons. The van der Waals surface area contributed by atoms with E-state index in [1.807, 2.05) is 17.7 Å². The monoisotopic (exact) mass is 261 g/mol. The van der Waals surface area contributed by atoms with Crippen molar-refractivity contribution in [2.24, 2.45) is 5.73 Å². The van der Waals surface area contributed by atoms with Crippen molar-refractivity contribution in [1.82, 2.24) is 0 Å². The van der Waals surface area contributed by atoms with E-state index in [0.29, 0.717) is 12.0 Å². The van der Waals surface area contributed by atoms with Crippen molar-refractivity contribution in [3.63, 3.8) is 0 Å². The van der Waals surface area contributed by atoms with Gasteiger partial charge in [0.1, 0.15) is 0 Å². The summed E-state index contributed by atoms with van der Waals surface area (Å²) in [5, 5.41) is 3.71. The minimum Gasteiger partial charge on any atom is -0.319 e. The van der Waals surface area contributed by atoms with Gasteiger partial charge in [0.25, 0.3) is 0 Å². The van der Waals surface area contributed by atoms with E-state index in [0.717, 1.165) is 4.47 Å². The lowest BCUT2D eigenvalue weighted by atomic mass is 9.91. The second-order valence-corrected chi connectivity index (χ2v) is 4.83. The van der Waals surface area contributed by atoms with Gasteiger partial charge in [0.2, 0.25) is 0 Å². The van der Waals surface area contributed by atoms with Crippen molar-refractivity contribution in [1.29, 1.82) is 0 Å². The average molecular weight is 262 g/mol. The molecule has 72 valence electrons. The van der Waals surface area contributed by atoms with Gasteiger partial charge in [-0.2, -0.15) is 11.3 Å². The summed E-state index contributed by atoms with van der Waals surface area (Å²) in [5.74, 6) is 0.00289. The first-order valence-electron chi connectivity index (χ1n) is 4.04. The van der Waals surface area contributed by atoms with E-state index in [4.69, 9.17) is 5.73 Å². The Morgan fingerprint density at radius 2 is 2.31 bits per heavy atom. The molecular weight excluding hydrogens is 250 g/mol. The molecule has 0 amide bonds. The first-order valence-corrected chi connectivity index (χ1v) is 5.78. The predicted molar refractivity (Wildman–Crippen MR) is 59.2 cm³/mol. The molecular formula is C9H12BrNOS. The van der Waals surface area contributed by atoms with E-state index in [9.17, 15) is 4.79 Å². The van der Waals surface area contributed by atoms with Crippen LogP contribution in [-0.2, 0) is 0 Å². The van der Waals surface area contributed by atoms with E-state index >= 15 is 0 Å². The summed E-state index contributed by atoms with van der Waals surface area (Å²) in [4.78, 5) is 11.8. The molecule has 0 fully saturated rings. The van der Waals surface area contributed by atoms with E-state index in [-0.39, 0.29) is 5.78 Å². The third-order valence-electron chi connectivity index (χ3n) is 2.11. The molecule has 2 nitrogen and oxygen atoms in total. The number of carbonyl (C=O) groups is 1. The number of rotatable bonds is 3. The van der Waals surface area contributed by atoms with Gasteiger partial charge in [-0.1, -0.05) is 6.92 Å². The first-order chi connectivity index (χ1) is 5.99. The zero-order valence-electron chi connectivity index (χ0n) is 7.63.